The fourth-order valence-corrected chi connectivity index (χ4v) is 3.08. The van der Waals surface area contributed by atoms with E-state index in [4.69, 9.17) is 10.5 Å². The predicted molar refractivity (Wildman–Crippen MR) is 94.0 cm³/mol. The number of nitrogens with one attached hydrogen (secondary N) is 1. The Morgan fingerprint density at radius 2 is 1.72 bits per heavy atom. The van der Waals surface area contributed by atoms with Crippen molar-refractivity contribution in [2.75, 3.05) is 24.7 Å². The van der Waals surface area contributed by atoms with Crippen molar-refractivity contribution in [3.05, 3.63) is 58.1 Å². The summed E-state index contributed by atoms with van der Waals surface area (Å²) in [5.74, 6) is -1.03. The molecule has 0 heterocycles. The Morgan fingerprint density at radius 3 is 2.28 bits per heavy atom. The van der Waals surface area contributed by atoms with Crippen molar-refractivity contribution >= 4 is 28.9 Å². The summed E-state index contributed by atoms with van der Waals surface area (Å²) in [7, 11) is 1.28. The summed E-state index contributed by atoms with van der Waals surface area (Å²) in [6, 6.07) is 8.31. The van der Waals surface area contributed by atoms with Gasteiger partial charge >= 0.3 is 5.97 Å². The summed E-state index contributed by atoms with van der Waals surface area (Å²) >= 11 is 0. The standard InChI is InChI=1S/C19H18N2O4/c1-3-21-13-8-10(9-14(22)25-2)17(20)16-15(13)18(23)11-6-4-5-7-12(11)19(16)24/h4-8,21H,3,9,20H2,1-2H3. The average molecular weight is 338 g/mol. The number of fused-ring (bicyclic) bond motifs is 2. The van der Waals surface area contributed by atoms with E-state index in [1.165, 1.54) is 7.11 Å². The monoisotopic (exact) mass is 338 g/mol. The summed E-state index contributed by atoms with van der Waals surface area (Å²) in [5.41, 5.74) is 8.38. The lowest BCUT2D eigenvalue weighted by molar-refractivity contribution is -0.139. The third-order valence-corrected chi connectivity index (χ3v) is 4.25. The Labute approximate surface area is 145 Å². The molecule has 3 rings (SSSR count). The van der Waals surface area contributed by atoms with Crippen molar-refractivity contribution in [3.63, 3.8) is 0 Å². The van der Waals surface area contributed by atoms with Gasteiger partial charge in [-0.1, -0.05) is 24.3 Å². The minimum atomic E-state index is -0.468. The molecule has 1 aliphatic carbocycles. The lowest BCUT2D eigenvalue weighted by atomic mass is 9.81. The number of rotatable bonds is 4. The normalized spacial score (nSPS) is 12.4. The molecular weight excluding hydrogens is 320 g/mol. The predicted octanol–water partition coefficient (Wildman–Crippen LogP) is 2.19. The zero-order valence-corrected chi connectivity index (χ0v) is 14.0. The maximum atomic E-state index is 13.0. The van der Waals surface area contributed by atoms with Crippen molar-refractivity contribution in [3.8, 4) is 0 Å². The molecule has 0 saturated carbocycles. The van der Waals surface area contributed by atoms with Crippen LogP contribution in [0.4, 0.5) is 11.4 Å². The Balaban J connectivity index is 2.27. The zero-order valence-electron chi connectivity index (χ0n) is 14.0. The van der Waals surface area contributed by atoms with E-state index >= 15 is 0 Å². The summed E-state index contributed by atoms with van der Waals surface area (Å²) in [6.45, 7) is 2.43. The van der Waals surface area contributed by atoms with Gasteiger partial charge in [0.2, 0.25) is 0 Å². The number of benzene rings is 2. The van der Waals surface area contributed by atoms with Crippen molar-refractivity contribution in [1.29, 1.82) is 0 Å². The highest BCUT2D eigenvalue weighted by Crippen LogP contribution is 2.37. The Bertz CT molecular complexity index is 903. The van der Waals surface area contributed by atoms with Crippen LogP contribution in [0.5, 0.6) is 0 Å². The number of ketones is 2. The van der Waals surface area contributed by atoms with Crippen LogP contribution < -0.4 is 11.1 Å². The maximum absolute atomic E-state index is 13.0. The first kappa shape index (κ1) is 16.7. The van der Waals surface area contributed by atoms with Crippen LogP contribution in [0.2, 0.25) is 0 Å². The molecule has 0 saturated heterocycles. The lowest BCUT2D eigenvalue weighted by Gasteiger charge is -2.23. The van der Waals surface area contributed by atoms with E-state index in [0.29, 0.717) is 28.9 Å². The molecule has 0 aliphatic heterocycles. The molecule has 0 unspecified atom stereocenters. The van der Waals surface area contributed by atoms with E-state index < -0.39 is 5.97 Å². The smallest absolute Gasteiger partial charge is 0.310 e. The SMILES string of the molecule is CCNc1cc(CC(=O)OC)c(N)c2c1C(=O)c1ccccc1C2=O. The van der Waals surface area contributed by atoms with Gasteiger partial charge in [-0.25, -0.2) is 0 Å². The van der Waals surface area contributed by atoms with E-state index in [9.17, 15) is 14.4 Å². The third-order valence-electron chi connectivity index (χ3n) is 4.25. The topological polar surface area (TPSA) is 98.5 Å². The second kappa shape index (κ2) is 6.39. The van der Waals surface area contributed by atoms with Gasteiger partial charge in [0, 0.05) is 29.0 Å². The molecule has 0 amide bonds. The first-order chi connectivity index (χ1) is 12.0. The number of methoxy groups -OCH3 is 1. The highest BCUT2D eigenvalue weighted by molar-refractivity contribution is 6.32. The van der Waals surface area contributed by atoms with Crippen molar-refractivity contribution < 1.29 is 19.1 Å². The molecule has 1 aliphatic rings. The zero-order chi connectivity index (χ0) is 18.1. The number of hydrogen-bond acceptors (Lipinski definition) is 6. The van der Waals surface area contributed by atoms with Crippen molar-refractivity contribution in [2.24, 2.45) is 0 Å². The van der Waals surface area contributed by atoms with Crippen molar-refractivity contribution in [1.82, 2.24) is 0 Å². The van der Waals surface area contributed by atoms with Crippen LogP contribution in [-0.4, -0.2) is 31.2 Å². The molecule has 0 atom stereocenters. The fraction of sp³-hybridized carbons (Fsp3) is 0.211. The van der Waals surface area contributed by atoms with Gasteiger partial charge in [-0.15, -0.1) is 0 Å². The van der Waals surface area contributed by atoms with Crippen LogP contribution >= 0.6 is 0 Å². The number of carbonyl (C=O) groups is 3. The van der Waals surface area contributed by atoms with Gasteiger partial charge in [-0.2, -0.15) is 0 Å². The molecule has 0 radical (unpaired) electrons. The van der Waals surface area contributed by atoms with Crippen LogP contribution in [0.1, 0.15) is 44.3 Å². The van der Waals surface area contributed by atoms with Gasteiger partial charge in [0.15, 0.2) is 11.6 Å². The first-order valence-corrected chi connectivity index (χ1v) is 7.94. The second-order valence-electron chi connectivity index (χ2n) is 5.73. The van der Waals surface area contributed by atoms with E-state index in [1.54, 1.807) is 30.3 Å². The van der Waals surface area contributed by atoms with E-state index in [-0.39, 0.29) is 34.8 Å². The molecule has 0 aromatic heterocycles. The minimum absolute atomic E-state index is 0.0723. The van der Waals surface area contributed by atoms with E-state index in [1.807, 2.05) is 6.92 Å². The highest BCUT2D eigenvalue weighted by atomic mass is 16.5. The van der Waals surface area contributed by atoms with Crippen molar-refractivity contribution in [2.45, 2.75) is 13.3 Å². The molecular formula is C19H18N2O4. The number of hydrogen-bond donors (Lipinski definition) is 2. The van der Waals surface area contributed by atoms with Gasteiger partial charge in [0.1, 0.15) is 0 Å². The van der Waals surface area contributed by atoms with Gasteiger partial charge < -0.3 is 15.8 Å². The largest absolute Gasteiger partial charge is 0.469 e. The fourth-order valence-electron chi connectivity index (χ4n) is 3.08. The number of nitrogens with two attached hydrogens (primary N) is 1. The molecule has 3 N–H and O–H groups in total. The van der Waals surface area contributed by atoms with Gasteiger partial charge in [0.05, 0.1) is 24.7 Å². The maximum Gasteiger partial charge on any atom is 0.310 e. The summed E-state index contributed by atoms with van der Waals surface area (Å²) in [4.78, 5) is 37.6. The number of anilines is 2. The molecule has 0 bridgehead atoms. The van der Waals surface area contributed by atoms with Gasteiger partial charge in [-0.3, -0.25) is 14.4 Å². The van der Waals surface area contributed by atoms with E-state index in [2.05, 4.69) is 5.32 Å². The van der Waals surface area contributed by atoms with Crippen LogP contribution in [0, 0.1) is 0 Å². The number of esters is 1. The number of carbonyl (C=O) groups excluding carboxylic acids is 3. The minimum Gasteiger partial charge on any atom is -0.469 e. The van der Waals surface area contributed by atoms with Gasteiger partial charge in [-0.05, 0) is 18.6 Å². The Morgan fingerprint density at radius 1 is 1.12 bits per heavy atom. The van der Waals surface area contributed by atoms with Crippen LogP contribution in [-0.2, 0) is 16.0 Å². The van der Waals surface area contributed by atoms with Crippen LogP contribution in [0.25, 0.3) is 0 Å². The Hall–Kier alpha value is -3.15. The molecule has 6 nitrogen and oxygen atoms in total. The summed E-state index contributed by atoms with van der Waals surface area (Å²) in [6.07, 6.45) is -0.0723. The van der Waals surface area contributed by atoms with Gasteiger partial charge in [0.25, 0.3) is 0 Å². The third kappa shape index (κ3) is 2.65. The molecule has 6 heteroatoms. The molecule has 0 spiro atoms. The average Bonchev–Trinajstić information content (AvgIpc) is 2.62. The molecule has 2 aromatic carbocycles. The molecule has 128 valence electrons. The summed E-state index contributed by atoms with van der Waals surface area (Å²) < 4.78 is 4.69. The Kier molecular flexibility index (Phi) is 4.27. The highest BCUT2D eigenvalue weighted by Gasteiger charge is 2.34. The quantitative estimate of drug-likeness (QED) is 0.559. The van der Waals surface area contributed by atoms with E-state index in [0.717, 1.165) is 0 Å². The molecule has 0 fully saturated rings. The number of nitrogen functional groups attached to an aromatic ring is 1. The molecule has 25 heavy (non-hydrogen) atoms. The first-order valence-electron chi connectivity index (χ1n) is 7.94. The summed E-state index contributed by atoms with van der Waals surface area (Å²) in [5, 5.41) is 3.10. The molecule has 2 aromatic rings. The van der Waals surface area contributed by atoms with Crippen LogP contribution in [0.3, 0.4) is 0 Å². The second-order valence-corrected chi connectivity index (χ2v) is 5.73. The lowest BCUT2D eigenvalue weighted by Crippen LogP contribution is -2.25. The number of ether oxygens (including phenoxy) is 1. The van der Waals surface area contributed by atoms with Crippen LogP contribution in [0.15, 0.2) is 30.3 Å².